The third kappa shape index (κ3) is 3.51. The van der Waals surface area contributed by atoms with Crippen LogP contribution in [-0.4, -0.2) is 9.97 Å². The Hall–Kier alpha value is -1.48. The Morgan fingerprint density at radius 3 is 2.74 bits per heavy atom. The summed E-state index contributed by atoms with van der Waals surface area (Å²) < 4.78 is 0.651. The summed E-state index contributed by atoms with van der Waals surface area (Å²) >= 11 is 5.26. The van der Waals surface area contributed by atoms with E-state index in [9.17, 15) is 0 Å². The van der Waals surface area contributed by atoms with Crippen LogP contribution in [0.1, 0.15) is 44.5 Å². The molecule has 1 aromatic carbocycles. The predicted octanol–water partition coefficient (Wildman–Crippen LogP) is 4.88. The molecule has 3 heteroatoms. The average Bonchev–Trinajstić information content (AvgIpc) is 2.38. The maximum Gasteiger partial charge on any atom is 0.130 e. The van der Waals surface area contributed by atoms with Crippen molar-refractivity contribution in [2.24, 2.45) is 0 Å². The molecule has 2 rings (SSSR count). The molecule has 0 spiro atoms. The quantitative estimate of drug-likeness (QED) is 0.803. The first-order valence-electron chi connectivity index (χ1n) is 6.80. The van der Waals surface area contributed by atoms with Crippen LogP contribution in [0.15, 0.2) is 30.3 Å². The molecule has 2 aromatic rings. The number of hydrogen-bond donors (Lipinski definition) is 1. The van der Waals surface area contributed by atoms with E-state index in [1.807, 2.05) is 6.07 Å². The lowest BCUT2D eigenvalue weighted by atomic mass is 10.0. The number of aromatic amines is 1. The molecular weight excluding hydrogens is 252 g/mol. The second-order valence-electron chi connectivity index (χ2n) is 5.12. The summed E-state index contributed by atoms with van der Waals surface area (Å²) in [7, 11) is 0. The van der Waals surface area contributed by atoms with E-state index in [2.05, 4.69) is 55.0 Å². The molecule has 0 aliphatic heterocycles. The molecule has 100 valence electrons. The zero-order valence-electron chi connectivity index (χ0n) is 11.7. The van der Waals surface area contributed by atoms with Gasteiger partial charge in [-0.05, 0) is 29.7 Å². The van der Waals surface area contributed by atoms with Crippen LogP contribution in [0.3, 0.4) is 0 Å². The van der Waals surface area contributed by atoms with Gasteiger partial charge in [0, 0.05) is 11.6 Å². The van der Waals surface area contributed by atoms with Gasteiger partial charge in [-0.3, -0.25) is 0 Å². The fourth-order valence-electron chi connectivity index (χ4n) is 2.09. The largest absolute Gasteiger partial charge is 0.343 e. The van der Waals surface area contributed by atoms with Crippen molar-refractivity contribution in [2.45, 2.75) is 39.5 Å². The number of hydrogen-bond acceptors (Lipinski definition) is 2. The van der Waals surface area contributed by atoms with Crippen molar-refractivity contribution in [2.75, 3.05) is 0 Å². The van der Waals surface area contributed by atoms with Gasteiger partial charge in [0.2, 0.25) is 0 Å². The van der Waals surface area contributed by atoms with Gasteiger partial charge in [0.15, 0.2) is 0 Å². The number of nitrogens with one attached hydrogen (secondary N) is 1. The van der Waals surface area contributed by atoms with Crippen molar-refractivity contribution in [3.8, 4) is 11.3 Å². The maximum absolute atomic E-state index is 5.26. The first-order chi connectivity index (χ1) is 9.10. The van der Waals surface area contributed by atoms with Gasteiger partial charge in [0.1, 0.15) is 10.5 Å². The molecule has 1 N–H and O–H groups in total. The van der Waals surface area contributed by atoms with Crippen LogP contribution in [0.25, 0.3) is 11.3 Å². The number of rotatable bonds is 4. The zero-order valence-corrected chi connectivity index (χ0v) is 12.6. The Labute approximate surface area is 119 Å². The topological polar surface area (TPSA) is 28.7 Å². The summed E-state index contributed by atoms with van der Waals surface area (Å²) in [4.78, 5) is 7.77. The van der Waals surface area contributed by atoms with Crippen LogP contribution < -0.4 is 0 Å². The van der Waals surface area contributed by atoms with Crippen molar-refractivity contribution in [3.63, 3.8) is 0 Å². The number of aryl methyl sites for hydroxylation is 1. The van der Waals surface area contributed by atoms with E-state index in [0.29, 0.717) is 10.6 Å². The normalized spacial score (nSPS) is 10.9. The van der Waals surface area contributed by atoms with Crippen LogP contribution in [-0.2, 0) is 6.42 Å². The molecule has 0 aliphatic carbocycles. The first-order valence-corrected chi connectivity index (χ1v) is 7.21. The highest BCUT2D eigenvalue weighted by Crippen LogP contribution is 2.21. The van der Waals surface area contributed by atoms with Gasteiger partial charge in [-0.15, -0.1) is 0 Å². The minimum Gasteiger partial charge on any atom is -0.343 e. The Bertz CT molecular complexity index is 614. The zero-order chi connectivity index (χ0) is 13.8. The SMILES string of the molecule is CCCc1cccc(-c2cc(=S)nc(C(C)C)[nH]2)c1. The van der Waals surface area contributed by atoms with E-state index in [1.165, 1.54) is 11.1 Å². The fourth-order valence-corrected chi connectivity index (χ4v) is 2.30. The lowest BCUT2D eigenvalue weighted by molar-refractivity contribution is 0.773. The molecule has 0 saturated carbocycles. The van der Waals surface area contributed by atoms with Crippen LogP contribution in [0.5, 0.6) is 0 Å². The van der Waals surface area contributed by atoms with Gasteiger partial charge < -0.3 is 4.98 Å². The summed E-state index contributed by atoms with van der Waals surface area (Å²) in [6, 6.07) is 10.6. The van der Waals surface area contributed by atoms with E-state index in [0.717, 1.165) is 24.4 Å². The van der Waals surface area contributed by atoms with Gasteiger partial charge >= 0.3 is 0 Å². The minimum absolute atomic E-state index is 0.348. The molecule has 0 saturated heterocycles. The van der Waals surface area contributed by atoms with Crippen LogP contribution in [0.2, 0.25) is 0 Å². The molecule has 0 bridgehead atoms. The third-order valence-corrected chi connectivity index (χ3v) is 3.29. The molecule has 0 atom stereocenters. The van der Waals surface area contributed by atoms with Gasteiger partial charge in [-0.1, -0.05) is 57.6 Å². The van der Waals surface area contributed by atoms with Crippen LogP contribution in [0, 0.1) is 4.64 Å². The van der Waals surface area contributed by atoms with E-state index in [-0.39, 0.29) is 0 Å². The van der Waals surface area contributed by atoms with E-state index < -0.39 is 0 Å². The second kappa shape index (κ2) is 6.11. The molecule has 0 aliphatic rings. The van der Waals surface area contributed by atoms with E-state index in [1.54, 1.807) is 0 Å². The number of nitrogens with zero attached hydrogens (tertiary/aromatic N) is 1. The Kier molecular flexibility index (Phi) is 4.48. The highest BCUT2D eigenvalue weighted by molar-refractivity contribution is 7.71. The lowest BCUT2D eigenvalue weighted by Gasteiger charge is -2.09. The molecule has 0 fully saturated rings. The van der Waals surface area contributed by atoms with Crippen LogP contribution in [0.4, 0.5) is 0 Å². The molecule has 19 heavy (non-hydrogen) atoms. The Morgan fingerprint density at radius 2 is 2.05 bits per heavy atom. The molecule has 1 heterocycles. The number of aromatic nitrogens is 2. The van der Waals surface area contributed by atoms with Gasteiger partial charge in [0.25, 0.3) is 0 Å². The molecule has 0 amide bonds. The predicted molar refractivity (Wildman–Crippen MR) is 82.9 cm³/mol. The number of benzene rings is 1. The number of H-pyrrole nitrogens is 1. The van der Waals surface area contributed by atoms with Gasteiger partial charge in [-0.25, -0.2) is 4.98 Å². The summed E-state index contributed by atoms with van der Waals surface area (Å²) in [5.74, 6) is 1.30. The highest BCUT2D eigenvalue weighted by Gasteiger charge is 2.05. The van der Waals surface area contributed by atoms with Crippen molar-refractivity contribution < 1.29 is 0 Å². The Balaban J connectivity index is 2.46. The Morgan fingerprint density at radius 1 is 1.26 bits per heavy atom. The first kappa shape index (κ1) is 13.9. The molecule has 0 radical (unpaired) electrons. The summed E-state index contributed by atoms with van der Waals surface area (Å²) in [6.07, 6.45) is 2.27. The average molecular weight is 272 g/mol. The van der Waals surface area contributed by atoms with Crippen molar-refractivity contribution in [1.82, 2.24) is 9.97 Å². The smallest absolute Gasteiger partial charge is 0.130 e. The fraction of sp³-hybridized carbons (Fsp3) is 0.375. The van der Waals surface area contributed by atoms with Crippen molar-refractivity contribution >= 4 is 12.2 Å². The van der Waals surface area contributed by atoms with Gasteiger partial charge in [0.05, 0.1) is 0 Å². The molecule has 0 unspecified atom stereocenters. The lowest BCUT2D eigenvalue weighted by Crippen LogP contribution is -1.99. The highest BCUT2D eigenvalue weighted by atomic mass is 32.1. The van der Waals surface area contributed by atoms with E-state index >= 15 is 0 Å². The summed E-state index contributed by atoms with van der Waals surface area (Å²) in [5.41, 5.74) is 3.60. The molecular formula is C16H20N2S. The third-order valence-electron chi connectivity index (χ3n) is 3.08. The summed E-state index contributed by atoms with van der Waals surface area (Å²) in [5, 5.41) is 0. The summed E-state index contributed by atoms with van der Waals surface area (Å²) in [6.45, 7) is 6.43. The maximum atomic E-state index is 5.26. The van der Waals surface area contributed by atoms with Gasteiger partial charge in [-0.2, -0.15) is 0 Å². The van der Waals surface area contributed by atoms with Crippen molar-refractivity contribution in [3.05, 3.63) is 46.4 Å². The standard InChI is InChI=1S/C16H20N2S/c1-4-6-12-7-5-8-13(9-12)14-10-15(19)18-16(17-14)11(2)3/h5,7-11H,4,6H2,1-3H3,(H,17,18,19). The van der Waals surface area contributed by atoms with E-state index in [4.69, 9.17) is 12.2 Å². The monoisotopic (exact) mass is 272 g/mol. The second-order valence-corrected chi connectivity index (χ2v) is 5.54. The molecule has 2 nitrogen and oxygen atoms in total. The van der Waals surface area contributed by atoms with Crippen LogP contribution >= 0.6 is 12.2 Å². The molecule has 1 aromatic heterocycles. The van der Waals surface area contributed by atoms with Crippen molar-refractivity contribution in [1.29, 1.82) is 0 Å². The minimum atomic E-state index is 0.348.